The number of urea groups is 1. The minimum absolute atomic E-state index is 0.00593. The van der Waals surface area contributed by atoms with E-state index in [0.717, 1.165) is 24.1 Å². The molecular formula is C17H23N3O. The van der Waals surface area contributed by atoms with Crippen LogP contribution in [0.25, 0.3) is 6.08 Å². The largest absolute Gasteiger partial charge is 0.350 e. The first-order valence-electron chi connectivity index (χ1n) is 7.47. The number of hydrogen-bond donors (Lipinski definition) is 2. The van der Waals surface area contributed by atoms with Crippen molar-refractivity contribution in [3.8, 4) is 0 Å². The number of carbonyl (C=O) groups is 1. The highest BCUT2D eigenvalue weighted by Gasteiger charge is 2.31. The fourth-order valence-electron chi connectivity index (χ4n) is 2.82. The van der Waals surface area contributed by atoms with Gasteiger partial charge in [0.15, 0.2) is 0 Å². The third-order valence-electron chi connectivity index (χ3n) is 4.10. The van der Waals surface area contributed by atoms with Gasteiger partial charge >= 0.3 is 6.03 Å². The lowest BCUT2D eigenvalue weighted by Gasteiger charge is -2.33. The summed E-state index contributed by atoms with van der Waals surface area (Å²) in [6, 6.07) is 9.45. The maximum Gasteiger partial charge on any atom is 0.332 e. The van der Waals surface area contributed by atoms with Crippen LogP contribution in [0.2, 0.25) is 0 Å². The van der Waals surface area contributed by atoms with Gasteiger partial charge in [-0.15, -0.1) is 0 Å². The van der Waals surface area contributed by atoms with E-state index in [2.05, 4.69) is 17.5 Å². The number of nitrogens with one attached hydrogen (secondary N) is 1. The number of allylic oxidation sites excluding steroid dienone is 1. The van der Waals surface area contributed by atoms with E-state index in [-0.39, 0.29) is 5.41 Å². The van der Waals surface area contributed by atoms with Crippen molar-refractivity contribution in [1.29, 1.82) is 0 Å². The molecule has 112 valence electrons. The molecule has 1 aliphatic rings. The molecule has 1 aromatic carbocycles. The van der Waals surface area contributed by atoms with Gasteiger partial charge in [0.05, 0.1) is 5.71 Å². The van der Waals surface area contributed by atoms with Crippen LogP contribution in [-0.4, -0.2) is 11.7 Å². The molecule has 0 atom stereocenters. The zero-order chi connectivity index (χ0) is 15.1. The van der Waals surface area contributed by atoms with Gasteiger partial charge in [0.2, 0.25) is 0 Å². The SMILES string of the molecule is CC1(C(C=Cc2ccccc2)=NNC(N)=O)CCCCC1. The Morgan fingerprint density at radius 2 is 1.90 bits per heavy atom. The zero-order valence-corrected chi connectivity index (χ0v) is 12.5. The van der Waals surface area contributed by atoms with Gasteiger partial charge in [-0.1, -0.05) is 62.6 Å². The van der Waals surface area contributed by atoms with Gasteiger partial charge in [0.25, 0.3) is 0 Å². The highest BCUT2D eigenvalue weighted by molar-refractivity contribution is 6.02. The highest BCUT2D eigenvalue weighted by Crippen LogP contribution is 2.37. The van der Waals surface area contributed by atoms with Crippen molar-refractivity contribution in [1.82, 2.24) is 5.43 Å². The smallest absolute Gasteiger partial charge is 0.332 e. The molecule has 2 rings (SSSR count). The second-order valence-corrected chi connectivity index (χ2v) is 5.84. The van der Waals surface area contributed by atoms with E-state index in [9.17, 15) is 4.79 Å². The first-order chi connectivity index (χ1) is 10.1. The fourth-order valence-corrected chi connectivity index (χ4v) is 2.82. The number of primary amides is 1. The van der Waals surface area contributed by atoms with Crippen LogP contribution in [0.1, 0.15) is 44.6 Å². The van der Waals surface area contributed by atoms with Crippen LogP contribution in [0.4, 0.5) is 4.79 Å². The molecule has 4 nitrogen and oxygen atoms in total. The van der Waals surface area contributed by atoms with Crippen LogP contribution in [0.3, 0.4) is 0 Å². The number of nitrogens with two attached hydrogens (primary N) is 1. The Labute approximate surface area is 126 Å². The average Bonchev–Trinajstić information content (AvgIpc) is 2.48. The Hall–Kier alpha value is -2.10. The minimum atomic E-state index is -0.625. The molecule has 0 aromatic heterocycles. The van der Waals surface area contributed by atoms with E-state index in [0.29, 0.717) is 0 Å². The van der Waals surface area contributed by atoms with E-state index in [1.165, 1.54) is 19.3 Å². The summed E-state index contributed by atoms with van der Waals surface area (Å²) in [6.45, 7) is 2.21. The molecule has 21 heavy (non-hydrogen) atoms. The molecule has 2 amide bonds. The number of benzene rings is 1. The molecule has 1 aromatic rings. The summed E-state index contributed by atoms with van der Waals surface area (Å²) < 4.78 is 0. The molecule has 1 fully saturated rings. The molecule has 4 heteroatoms. The number of amides is 2. The first kappa shape index (κ1) is 15.3. The number of nitrogens with zero attached hydrogens (tertiary/aromatic N) is 1. The molecule has 0 spiro atoms. The van der Waals surface area contributed by atoms with Gasteiger partial charge in [0, 0.05) is 5.41 Å². The number of carbonyl (C=O) groups excluding carboxylic acids is 1. The zero-order valence-electron chi connectivity index (χ0n) is 12.5. The van der Waals surface area contributed by atoms with E-state index < -0.39 is 6.03 Å². The van der Waals surface area contributed by atoms with Crippen LogP contribution in [0, 0.1) is 5.41 Å². The summed E-state index contributed by atoms with van der Waals surface area (Å²) in [5.41, 5.74) is 9.53. The lowest BCUT2D eigenvalue weighted by molar-refractivity contribution is 0.249. The van der Waals surface area contributed by atoms with Crippen molar-refractivity contribution in [2.75, 3.05) is 0 Å². The van der Waals surface area contributed by atoms with Crippen LogP contribution < -0.4 is 11.2 Å². The number of hydrazone groups is 1. The lowest BCUT2D eigenvalue weighted by atomic mass is 9.72. The van der Waals surface area contributed by atoms with Gasteiger partial charge in [-0.25, -0.2) is 10.2 Å². The van der Waals surface area contributed by atoms with Crippen molar-refractivity contribution < 1.29 is 4.79 Å². The number of hydrogen-bond acceptors (Lipinski definition) is 2. The summed E-state index contributed by atoms with van der Waals surface area (Å²) in [5.74, 6) is 0. The highest BCUT2D eigenvalue weighted by atomic mass is 16.2. The molecule has 0 unspecified atom stereocenters. The molecule has 0 aliphatic heterocycles. The normalized spacial score (nSPS) is 18.6. The van der Waals surface area contributed by atoms with E-state index in [4.69, 9.17) is 5.73 Å². The quantitative estimate of drug-likeness (QED) is 0.643. The second-order valence-electron chi connectivity index (χ2n) is 5.84. The van der Waals surface area contributed by atoms with Crippen molar-refractivity contribution in [3.63, 3.8) is 0 Å². The van der Waals surface area contributed by atoms with Crippen LogP contribution >= 0.6 is 0 Å². The van der Waals surface area contributed by atoms with Crippen molar-refractivity contribution in [3.05, 3.63) is 42.0 Å². The Kier molecular flexibility index (Phi) is 5.14. The molecule has 0 heterocycles. The van der Waals surface area contributed by atoms with Gasteiger partial charge in [0.1, 0.15) is 0 Å². The lowest BCUT2D eigenvalue weighted by Crippen LogP contribution is -2.33. The Balaban J connectivity index is 2.21. The molecule has 0 saturated heterocycles. The maximum atomic E-state index is 10.9. The fraction of sp³-hybridized carbons (Fsp3) is 0.412. The second kappa shape index (κ2) is 7.07. The molecule has 3 N–H and O–H groups in total. The third kappa shape index (κ3) is 4.45. The van der Waals surface area contributed by atoms with Gasteiger partial charge in [-0.05, 0) is 24.5 Å². The Bertz CT molecular complexity index is 528. The van der Waals surface area contributed by atoms with Crippen molar-refractivity contribution in [2.45, 2.75) is 39.0 Å². The van der Waals surface area contributed by atoms with Crippen LogP contribution in [0.5, 0.6) is 0 Å². The molecule has 0 radical (unpaired) electrons. The van der Waals surface area contributed by atoms with E-state index >= 15 is 0 Å². The van der Waals surface area contributed by atoms with Gasteiger partial charge < -0.3 is 5.73 Å². The molecular weight excluding hydrogens is 262 g/mol. The molecule has 1 saturated carbocycles. The van der Waals surface area contributed by atoms with Crippen molar-refractivity contribution in [2.24, 2.45) is 16.3 Å². The van der Waals surface area contributed by atoms with Gasteiger partial charge in [-0.3, -0.25) is 0 Å². The molecule has 0 bridgehead atoms. The summed E-state index contributed by atoms with van der Waals surface area (Å²) in [5, 5.41) is 4.24. The van der Waals surface area contributed by atoms with Gasteiger partial charge in [-0.2, -0.15) is 5.10 Å². The monoisotopic (exact) mass is 285 g/mol. The topological polar surface area (TPSA) is 67.5 Å². The third-order valence-corrected chi connectivity index (χ3v) is 4.10. The Morgan fingerprint density at radius 1 is 1.24 bits per heavy atom. The predicted octanol–water partition coefficient (Wildman–Crippen LogP) is 3.69. The average molecular weight is 285 g/mol. The molecule has 1 aliphatic carbocycles. The van der Waals surface area contributed by atoms with Crippen molar-refractivity contribution >= 4 is 17.8 Å². The summed E-state index contributed by atoms with van der Waals surface area (Å²) in [4.78, 5) is 10.9. The van der Waals surface area contributed by atoms with Crippen LogP contribution in [-0.2, 0) is 0 Å². The summed E-state index contributed by atoms with van der Waals surface area (Å²) in [6.07, 6.45) is 9.87. The first-order valence-corrected chi connectivity index (χ1v) is 7.47. The van der Waals surface area contributed by atoms with Crippen LogP contribution in [0.15, 0.2) is 41.5 Å². The predicted molar refractivity (Wildman–Crippen MR) is 86.8 cm³/mol. The Morgan fingerprint density at radius 3 is 2.52 bits per heavy atom. The minimum Gasteiger partial charge on any atom is -0.350 e. The maximum absolute atomic E-state index is 10.9. The van der Waals surface area contributed by atoms with E-state index in [1.54, 1.807) is 0 Å². The number of rotatable bonds is 4. The summed E-state index contributed by atoms with van der Waals surface area (Å²) in [7, 11) is 0. The van der Waals surface area contributed by atoms with E-state index in [1.807, 2.05) is 42.5 Å². The standard InChI is InChI=1S/C17H23N3O/c1-17(12-6-3-7-13-17)15(19-20-16(18)21)11-10-14-8-4-2-5-9-14/h2,4-5,8-11H,3,6-7,12-13H2,1H3,(H3,18,20,21). The summed E-state index contributed by atoms with van der Waals surface area (Å²) >= 11 is 0.